The third kappa shape index (κ3) is 3.46. The molecule has 0 aliphatic heterocycles. The van der Waals surface area contributed by atoms with Crippen LogP contribution in [0, 0.1) is 5.82 Å². The molecule has 0 saturated carbocycles. The van der Waals surface area contributed by atoms with Gasteiger partial charge in [-0.05, 0) is 31.2 Å². The number of ether oxygens (including phenoxy) is 1. The van der Waals surface area contributed by atoms with Crippen LogP contribution in [-0.4, -0.2) is 35.6 Å². The van der Waals surface area contributed by atoms with Crippen LogP contribution < -0.4 is 10.5 Å². The highest BCUT2D eigenvalue weighted by Gasteiger charge is 2.24. The Kier molecular flexibility index (Phi) is 5.06. The van der Waals surface area contributed by atoms with Gasteiger partial charge in [-0.25, -0.2) is 9.18 Å². The average Bonchev–Trinajstić information content (AvgIpc) is 2.97. The Morgan fingerprint density at radius 2 is 1.92 bits per heavy atom. The summed E-state index contributed by atoms with van der Waals surface area (Å²) in [6.07, 6.45) is 0. The van der Waals surface area contributed by atoms with E-state index in [2.05, 4.69) is 0 Å². The van der Waals surface area contributed by atoms with Crippen LogP contribution in [-0.2, 0) is 4.79 Å². The van der Waals surface area contributed by atoms with Gasteiger partial charge in [-0.2, -0.15) is 0 Å². The van der Waals surface area contributed by atoms with Gasteiger partial charge >= 0.3 is 5.76 Å². The summed E-state index contributed by atoms with van der Waals surface area (Å²) < 4.78 is 25.4. The molecule has 1 amide bonds. The molecular weight excluding hydrogens is 339 g/mol. The molecule has 0 aliphatic carbocycles. The van der Waals surface area contributed by atoms with Gasteiger partial charge in [0.2, 0.25) is 5.91 Å². The van der Waals surface area contributed by atoms with E-state index in [0.29, 0.717) is 11.1 Å². The number of likely N-dealkylation sites (N-methyl/N-ethyl adjacent to an activating group) is 1. The summed E-state index contributed by atoms with van der Waals surface area (Å²) in [6, 6.07) is 12.3. The Morgan fingerprint density at radius 1 is 1.23 bits per heavy atom. The van der Waals surface area contributed by atoms with Crippen LogP contribution in [0.1, 0.15) is 13.0 Å². The van der Waals surface area contributed by atoms with E-state index in [1.165, 1.54) is 21.6 Å². The van der Waals surface area contributed by atoms with Crippen molar-refractivity contribution in [3.8, 4) is 5.75 Å². The van der Waals surface area contributed by atoms with Crippen molar-refractivity contribution in [2.75, 3.05) is 20.2 Å². The second kappa shape index (κ2) is 7.43. The maximum atomic E-state index is 13.5. The van der Waals surface area contributed by atoms with E-state index in [9.17, 15) is 14.0 Å². The van der Waals surface area contributed by atoms with Gasteiger partial charge in [0, 0.05) is 7.05 Å². The minimum Gasteiger partial charge on any atom is -0.489 e. The monoisotopic (exact) mass is 358 g/mol. The van der Waals surface area contributed by atoms with E-state index in [-0.39, 0.29) is 24.8 Å². The van der Waals surface area contributed by atoms with Crippen molar-refractivity contribution < 1.29 is 18.3 Å². The van der Waals surface area contributed by atoms with Crippen molar-refractivity contribution in [2.45, 2.75) is 13.0 Å². The van der Waals surface area contributed by atoms with E-state index in [4.69, 9.17) is 9.15 Å². The summed E-state index contributed by atoms with van der Waals surface area (Å²) in [5, 5.41) is 0. The lowest BCUT2D eigenvalue weighted by Gasteiger charge is -2.22. The number of aromatic nitrogens is 1. The third-order valence-electron chi connectivity index (χ3n) is 4.16. The molecule has 6 nitrogen and oxygen atoms in total. The normalized spacial score (nSPS) is 12.1. The molecule has 1 atom stereocenters. The second-order valence-corrected chi connectivity index (χ2v) is 5.92. The number of carbonyl (C=O) groups excluding carboxylic acids is 1. The molecule has 3 rings (SSSR count). The number of amides is 1. The SMILES string of the molecule is CC(C(=O)N(C)CCOc1ccccc1F)n1c(=O)oc2ccccc21. The van der Waals surface area contributed by atoms with Crippen LogP contribution >= 0.6 is 0 Å². The summed E-state index contributed by atoms with van der Waals surface area (Å²) in [7, 11) is 1.61. The van der Waals surface area contributed by atoms with Crippen molar-refractivity contribution >= 4 is 17.0 Å². The highest BCUT2D eigenvalue weighted by molar-refractivity contribution is 5.82. The minimum absolute atomic E-state index is 0.136. The summed E-state index contributed by atoms with van der Waals surface area (Å²) in [4.78, 5) is 26.2. The van der Waals surface area contributed by atoms with Crippen LogP contribution in [0.15, 0.2) is 57.7 Å². The molecule has 26 heavy (non-hydrogen) atoms. The molecule has 1 heterocycles. The van der Waals surface area contributed by atoms with E-state index < -0.39 is 17.6 Å². The van der Waals surface area contributed by atoms with Crippen LogP contribution in [0.5, 0.6) is 5.75 Å². The molecule has 0 fully saturated rings. The van der Waals surface area contributed by atoms with Crippen molar-refractivity contribution in [3.05, 3.63) is 64.9 Å². The number of benzene rings is 2. The van der Waals surface area contributed by atoms with Crippen molar-refractivity contribution in [1.29, 1.82) is 0 Å². The first-order chi connectivity index (χ1) is 12.5. The zero-order valence-corrected chi connectivity index (χ0v) is 14.5. The standard InChI is InChI=1S/C19H19FN2O4/c1-13(22-15-8-4-6-10-17(15)26-19(22)24)18(23)21(2)11-12-25-16-9-5-3-7-14(16)20/h3-10,13H,11-12H2,1-2H3. The molecule has 0 saturated heterocycles. The molecular formula is C19H19FN2O4. The lowest BCUT2D eigenvalue weighted by molar-refractivity contribution is -0.133. The summed E-state index contributed by atoms with van der Waals surface area (Å²) in [5.41, 5.74) is 0.997. The van der Waals surface area contributed by atoms with Gasteiger partial charge < -0.3 is 14.1 Å². The largest absolute Gasteiger partial charge is 0.489 e. The van der Waals surface area contributed by atoms with Crippen molar-refractivity contribution in [2.24, 2.45) is 0 Å². The lowest BCUT2D eigenvalue weighted by Crippen LogP contribution is -2.38. The van der Waals surface area contributed by atoms with Gasteiger partial charge in [0.1, 0.15) is 12.6 Å². The van der Waals surface area contributed by atoms with E-state index in [1.54, 1.807) is 50.4 Å². The summed E-state index contributed by atoms with van der Waals surface area (Å²) in [6.45, 7) is 2.03. The zero-order chi connectivity index (χ0) is 18.7. The highest BCUT2D eigenvalue weighted by Crippen LogP contribution is 2.18. The molecule has 3 aromatic rings. The number of carbonyl (C=O) groups is 1. The van der Waals surface area contributed by atoms with Gasteiger partial charge in [0.05, 0.1) is 12.1 Å². The Morgan fingerprint density at radius 3 is 2.69 bits per heavy atom. The first-order valence-electron chi connectivity index (χ1n) is 8.21. The fourth-order valence-electron chi connectivity index (χ4n) is 2.74. The maximum absolute atomic E-state index is 13.5. The third-order valence-corrected chi connectivity index (χ3v) is 4.16. The van der Waals surface area contributed by atoms with Crippen LogP contribution in [0.25, 0.3) is 11.1 Å². The van der Waals surface area contributed by atoms with E-state index in [0.717, 1.165) is 0 Å². The minimum atomic E-state index is -0.732. The van der Waals surface area contributed by atoms with Gasteiger partial charge in [-0.3, -0.25) is 9.36 Å². The Hall–Kier alpha value is -3.09. The highest BCUT2D eigenvalue weighted by atomic mass is 19.1. The van der Waals surface area contributed by atoms with Gasteiger partial charge in [0.25, 0.3) is 0 Å². The van der Waals surface area contributed by atoms with Gasteiger partial charge in [-0.15, -0.1) is 0 Å². The summed E-state index contributed by atoms with van der Waals surface area (Å²) >= 11 is 0. The Bertz CT molecular complexity index is 979. The molecule has 0 N–H and O–H groups in total. The number of para-hydroxylation sites is 3. The van der Waals surface area contributed by atoms with E-state index in [1.807, 2.05) is 0 Å². The molecule has 0 aliphatic rings. The number of fused-ring (bicyclic) bond motifs is 1. The van der Waals surface area contributed by atoms with Crippen LogP contribution in [0.4, 0.5) is 4.39 Å². The molecule has 0 spiro atoms. The zero-order valence-electron chi connectivity index (χ0n) is 14.5. The van der Waals surface area contributed by atoms with Gasteiger partial charge in [0.15, 0.2) is 17.1 Å². The maximum Gasteiger partial charge on any atom is 0.420 e. The van der Waals surface area contributed by atoms with Crippen LogP contribution in [0.3, 0.4) is 0 Å². The molecule has 1 unspecified atom stereocenters. The van der Waals surface area contributed by atoms with Gasteiger partial charge in [-0.1, -0.05) is 24.3 Å². The molecule has 0 bridgehead atoms. The number of oxazole rings is 1. The Labute approximate surface area is 149 Å². The number of nitrogens with zero attached hydrogens (tertiary/aromatic N) is 2. The smallest absolute Gasteiger partial charge is 0.420 e. The first kappa shape index (κ1) is 17.7. The number of hydrogen-bond donors (Lipinski definition) is 0. The quantitative estimate of drug-likeness (QED) is 0.680. The Balaban J connectivity index is 1.67. The first-order valence-corrected chi connectivity index (χ1v) is 8.21. The van der Waals surface area contributed by atoms with Crippen LogP contribution in [0.2, 0.25) is 0 Å². The molecule has 136 valence electrons. The number of rotatable bonds is 6. The summed E-state index contributed by atoms with van der Waals surface area (Å²) in [5.74, 6) is -1.16. The van der Waals surface area contributed by atoms with E-state index >= 15 is 0 Å². The molecule has 2 aromatic carbocycles. The molecule has 7 heteroatoms. The second-order valence-electron chi connectivity index (χ2n) is 5.92. The predicted molar refractivity (Wildman–Crippen MR) is 94.7 cm³/mol. The predicted octanol–water partition coefficient (Wildman–Crippen LogP) is 2.83. The number of hydrogen-bond acceptors (Lipinski definition) is 4. The number of halogens is 1. The lowest BCUT2D eigenvalue weighted by atomic mass is 10.2. The topological polar surface area (TPSA) is 64.7 Å². The molecule has 0 radical (unpaired) electrons. The molecule has 1 aromatic heterocycles. The van der Waals surface area contributed by atoms with Crippen molar-refractivity contribution in [1.82, 2.24) is 9.47 Å². The average molecular weight is 358 g/mol. The fraction of sp³-hybridized carbons (Fsp3) is 0.263. The fourth-order valence-corrected chi connectivity index (χ4v) is 2.74. The van der Waals surface area contributed by atoms with Crippen molar-refractivity contribution in [3.63, 3.8) is 0 Å².